The van der Waals surface area contributed by atoms with Gasteiger partial charge in [0.25, 0.3) is 0 Å². The van der Waals surface area contributed by atoms with Gasteiger partial charge in [0.2, 0.25) is 0 Å². The van der Waals surface area contributed by atoms with E-state index < -0.39 is 0 Å². The van der Waals surface area contributed by atoms with Gasteiger partial charge in [0, 0.05) is 0 Å². The Kier molecular flexibility index (Phi) is 27.6. The van der Waals surface area contributed by atoms with Gasteiger partial charge >= 0.3 is 37.7 Å². The molecule has 0 aliphatic rings. The van der Waals surface area contributed by atoms with Gasteiger partial charge in [-0.25, -0.2) is 0 Å². The molecular weight excluding hydrogens is 210 g/mol. The van der Waals surface area contributed by atoms with Crippen molar-refractivity contribution < 1.29 is 37.7 Å². The van der Waals surface area contributed by atoms with Crippen LogP contribution in [0.25, 0.3) is 10.6 Å². The normalized spacial score (nSPS) is 10.0. The summed E-state index contributed by atoms with van der Waals surface area (Å²) >= 11 is 0. The summed E-state index contributed by atoms with van der Waals surface area (Å²) in [6, 6.07) is 1.000. The molecule has 0 amide bonds. The molecular formula is C14H32Li2N2. The van der Waals surface area contributed by atoms with Crippen molar-refractivity contribution in [3.63, 3.8) is 0 Å². The average Bonchev–Trinajstić information content (AvgIpc) is 2.00. The predicted molar refractivity (Wildman–Crippen MR) is 76.4 cm³/mol. The Morgan fingerprint density at radius 2 is 0.889 bits per heavy atom. The van der Waals surface area contributed by atoms with E-state index >= 15 is 0 Å². The van der Waals surface area contributed by atoms with Gasteiger partial charge < -0.3 is 10.6 Å². The molecule has 0 N–H and O–H groups in total. The Morgan fingerprint density at radius 1 is 0.611 bits per heavy atom. The van der Waals surface area contributed by atoms with Crippen LogP contribution in [0.5, 0.6) is 0 Å². The average molecular weight is 242 g/mol. The van der Waals surface area contributed by atoms with Crippen molar-refractivity contribution in [2.45, 2.75) is 67.5 Å². The molecule has 4 heteroatoms. The van der Waals surface area contributed by atoms with Crippen molar-refractivity contribution in [1.29, 1.82) is 0 Å². The van der Waals surface area contributed by atoms with Gasteiger partial charge in [0.1, 0.15) is 0 Å². The van der Waals surface area contributed by atoms with E-state index in [2.05, 4.69) is 66.0 Å². The zero-order chi connectivity index (χ0) is 13.1. The maximum absolute atomic E-state index is 4.37. The smallest absolute Gasteiger partial charge is 0.662 e. The standard InChI is InChI=1S/C8H18N.C6H14N.2Li/c1-7(2)5-9-6-8(3)4;1-5(2)7-6(3)4;;/h7-8H,5-6H2,1-4H3;5-6H,1-4H3;;/q2*-1;2*+1. The Balaban J connectivity index is -0.000000100. The van der Waals surface area contributed by atoms with E-state index in [1.54, 1.807) is 0 Å². The van der Waals surface area contributed by atoms with Crippen LogP contribution in [-0.4, -0.2) is 25.2 Å². The molecule has 0 rings (SSSR count). The molecule has 0 aliphatic carbocycles. The Hall–Kier alpha value is 1.11. The summed E-state index contributed by atoms with van der Waals surface area (Å²) in [4.78, 5) is 0. The number of hydrogen-bond acceptors (Lipinski definition) is 0. The molecule has 0 aromatic carbocycles. The van der Waals surface area contributed by atoms with Crippen LogP contribution in [0, 0.1) is 11.8 Å². The van der Waals surface area contributed by atoms with Crippen molar-refractivity contribution in [3.8, 4) is 0 Å². The van der Waals surface area contributed by atoms with Gasteiger partial charge in [-0.05, 0) is 0 Å². The SMILES string of the molecule is CC(C)C[N-]CC(C)C.CC(C)[N-]C(C)C.[Li+].[Li+]. The Labute approximate surface area is 140 Å². The van der Waals surface area contributed by atoms with Gasteiger partial charge in [0.05, 0.1) is 0 Å². The maximum atomic E-state index is 4.37. The van der Waals surface area contributed by atoms with Crippen LogP contribution in [0.1, 0.15) is 55.4 Å². The summed E-state index contributed by atoms with van der Waals surface area (Å²) in [5.41, 5.74) is 0. The number of hydrogen-bond donors (Lipinski definition) is 0. The summed E-state index contributed by atoms with van der Waals surface area (Å²) in [6.45, 7) is 19.2. The molecule has 0 saturated carbocycles. The molecule has 100 valence electrons. The summed E-state index contributed by atoms with van der Waals surface area (Å²) in [5.74, 6) is 1.45. The second kappa shape index (κ2) is 18.1. The summed E-state index contributed by atoms with van der Waals surface area (Å²) < 4.78 is 0. The van der Waals surface area contributed by atoms with Crippen LogP contribution < -0.4 is 37.7 Å². The first-order chi connectivity index (χ1) is 7.25. The van der Waals surface area contributed by atoms with Crippen LogP contribution in [0.3, 0.4) is 0 Å². The van der Waals surface area contributed by atoms with Crippen LogP contribution >= 0.6 is 0 Å². The molecule has 0 aromatic rings. The summed E-state index contributed by atoms with van der Waals surface area (Å²) in [6.07, 6.45) is 0. The molecule has 0 saturated heterocycles. The van der Waals surface area contributed by atoms with Gasteiger partial charge in [0.15, 0.2) is 0 Å². The van der Waals surface area contributed by atoms with Crippen LogP contribution in [0.2, 0.25) is 0 Å². The van der Waals surface area contributed by atoms with Crippen LogP contribution in [-0.2, 0) is 0 Å². The van der Waals surface area contributed by atoms with Crippen molar-refractivity contribution in [3.05, 3.63) is 10.6 Å². The van der Waals surface area contributed by atoms with Crippen LogP contribution in [0.15, 0.2) is 0 Å². The van der Waals surface area contributed by atoms with E-state index in [1.807, 2.05) is 0 Å². The van der Waals surface area contributed by atoms with E-state index in [4.69, 9.17) is 0 Å². The summed E-state index contributed by atoms with van der Waals surface area (Å²) in [5, 5.41) is 8.65. The first-order valence-corrected chi connectivity index (χ1v) is 6.58. The first kappa shape index (κ1) is 27.5. The quantitative estimate of drug-likeness (QED) is 0.527. The molecule has 0 fully saturated rings. The van der Waals surface area contributed by atoms with Gasteiger partial charge in [-0.3, -0.25) is 0 Å². The minimum atomic E-state index is 0. The Morgan fingerprint density at radius 3 is 1.00 bits per heavy atom. The first-order valence-electron chi connectivity index (χ1n) is 6.58. The fourth-order valence-electron chi connectivity index (χ4n) is 1.19. The second-order valence-electron chi connectivity index (χ2n) is 5.71. The Bertz CT molecular complexity index is 124. The maximum Gasteiger partial charge on any atom is 1.00 e. The van der Waals surface area contributed by atoms with Gasteiger partial charge in [-0.2, -0.15) is 0 Å². The van der Waals surface area contributed by atoms with E-state index in [9.17, 15) is 0 Å². The third kappa shape index (κ3) is 36.0. The molecule has 0 atom stereocenters. The minimum Gasteiger partial charge on any atom is -0.662 e. The number of rotatable bonds is 6. The monoisotopic (exact) mass is 242 g/mol. The molecule has 0 bridgehead atoms. The third-order valence-electron chi connectivity index (χ3n) is 1.58. The van der Waals surface area contributed by atoms with Crippen molar-refractivity contribution in [2.24, 2.45) is 11.8 Å². The molecule has 0 radical (unpaired) electrons. The van der Waals surface area contributed by atoms with Crippen molar-refractivity contribution >= 4 is 0 Å². The summed E-state index contributed by atoms with van der Waals surface area (Å²) in [7, 11) is 0. The fraction of sp³-hybridized carbons (Fsp3) is 1.00. The van der Waals surface area contributed by atoms with Gasteiger partial charge in [-0.1, -0.05) is 67.2 Å². The van der Waals surface area contributed by atoms with E-state index in [0.29, 0.717) is 12.1 Å². The van der Waals surface area contributed by atoms with Gasteiger partial charge in [-0.15, -0.1) is 25.2 Å². The fourth-order valence-corrected chi connectivity index (χ4v) is 1.19. The van der Waals surface area contributed by atoms with Crippen molar-refractivity contribution in [1.82, 2.24) is 0 Å². The molecule has 0 spiro atoms. The molecule has 18 heavy (non-hydrogen) atoms. The zero-order valence-electron chi connectivity index (χ0n) is 14.6. The van der Waals surface area contributed by atoms with E-state index in [-0.39, 0.29) is 37.7 Å². The molecule has 0 heterocycles. The molecule has 0 aliphatic heterocycles. The largest absolute Gasteiger partial charge is 1.00 e. The van der Waals surface area contributed by atoms with Crippen molar-refractivity contribution in [2.75, 3.05) is 13.1 Å². The van der Waals surface area contributed by atoms with E-state index in [0.717, 1.165) is 24.9 Å². The molecule has 0 aromatic heterocycles. The molecule has 2 nitrogen and oxygen atoms in total. The second-order valence-corrected chi connectivity index (χ2v) is 5.71. The molecule has 0 unspecified atom stereocenters. The topological polar surface area (TPSA) is 28.2 Å². The predicted octanol–water partition coefficient (Wildman–Crippen LogP) is -1.14. The van der Waals surface area contributed by atoms with Crippen LogP contribution in [0.4, 0.5) is 0 Å². The third-order valence-corrected chi connectivity index (χ3v) is 1.58. The number of nitrogens with zero attached hydrogens (tertiary/aromatic N) is 2. The van der Waals surface area contributed by atoms with E-state index in [1.165, 1.54) is 0 Å². The zero-order valence-corrected chi connectivity index (χ0v) is 14.6. The minimum absolute atomic E-state index is 0.